The predicted octanol–water partition coefficient (Wildman–Crippen LogP) is 2.92. The van der Waals surface area contributed by atoms with Gasteiger partial charge in [-0.2, -0.15) is 0 Å². The van der Waals surface area contributed by atoms with Gasteiger partial charge in [0.1, 0.15) is 0 Å². The Bertz CT molecular complexity index is 783. The maximum absolute atomic E-state index is 11.8. The van der Waals surface area contributed by atoms with E-state index >= 15 is 0 Å². The summed E-state index contributed by atoms with van der Waals surface area (Å²) in [6.07, 6.45) is 0.979. The molecule has 0 bridgehead atoms. The molecule has 0 unspecified atom stereocenters. The fraction of sp³-hybridized carbons (Fsp3) is 0.550. The molecule has 25 heavy (non-hydrogen) atoms. The first-order valence-corrected chi connectivity index (χ1v) is 9.06. The summed E-state index contributed by atoms with van der Waals surface area (Å²) >= 11 is 0. The number of aromatic nitrogens is 1. The Morgan fingerprint density at radius 3 is 2.76 bits per heavy atom. The zero-order valence-corrected chi connectivity index (χ0v) is 15.3. The van der Waals surface area contributed by atoms with E-state index in [1.165, 1.54) is 22.2 Å². The van der Waals surface area contributed by atoms with Gasteiger partial charge < -0.3 is 14.8 Å². The second-order valence-electron chi connectivity index (χ2n) is 7.47. The number of benzene rings is 1. The van der Waals surface area contributed by atoms with E-state index in [0.717, 1.165) is 13.0 Å². The van der Waals surface area contributed by atoms with Crippen molar-refractivity contribution in [2.75, 3.05) is 13.1 Å². The average Bonchev–Trinajstić information content (AvgIpc) is 2.85. The molecule has 0 amide bonds. The molecule has 3 rings (SSSR count). The summed E-state index contributed by atoms with van der Waals surface area (Å²) in [7, 11) is 2.06. The number of carbonyl (C=O) groups is 1. The lowest BCUT2D eigenvalue weighted by atomic mass is 9.73. The number of carboxylic acids is 1. The SMILES string of the molecule is CCC[C@]1(C(=O)O)CCN(Cc2cc3cc(C)ccc3n2C)C[C@H]1O. The highest BCUT2D eigenvalue weighted by Gasteiger charge is 2.47. The predicted molar refractivity (Wildman–Crippen MR) is 98.5 cm³/mol. The van der Waals surface area contributed by atoms with Crippen molar-refractivity contribution < 1.29 is 15.0 Å². The summed E-state index contributed by atoms with van der Waals surface area (Å²) < 4.78 is 2.19. The van der Waals surface area contributed by atoms with Gasteiger partial charge in [-0.3, -0.25) is 9.69 Å². The van der Waals surface area contributed by atoms with Crippen LogP contribution >= 0.6 is 0 Å². The second kappa shape index (κ2) is 6.81. The largest absolute Gasteiger partial charge is 0.481 e. The third kappa shape index (κ3) is 3.18. The molecule has 1 aliphatic heterocycles. The van der Waals surface area contributed by atoms with E-state index < -0.39 is 17.5 Å². The van der Waals surface area contributed by atoms with Gasteiger partial charge in [0, 0.05) is 36.7 Å². The fourth-order valence-electron chi connectivity index (χ4n) is 4.18. The number of aliphatic hydroxyl groups is 1. The van der Waals surface area contributed by atoms with E-state index in [-0.39, 0.29) is 0 Å². The maximum Gasteiger partial charge on any atom is 0.312 e. The van der Waals surface area contributed by atoms with Crippen LogP contribution in [0, 0.1) is 12.3 Å². The van der Waals surface area contributed by atoms with Crippen molar-refractivity contribution in [3.63, 3.8) is 0 Å². The van der Waals surface area contributed by atoms with E-state index in [0.29, 0.717) is 25.9 Å². The number of carboxylic acid groups (broad SMARTS) is 1. The normalized spacial score (nSPS) is 24.7. The molecule has 1 aromatic carbocycles. The summed E-state index contributed by atoms with van der Waals surface area (Å²) in [6, 6.07) is 8.62. The molecule has 5 heteroatoms. The van der Waals surface area contributed by atoms with Gasteiger partial charge in [0.15, 0.2) is 0 Å². The van der Waals surface area contributed by atoms with Crippen molar-refractivity contribution in [3.8, 4) is 0 Å². The molecule has 0 saturated carbocycles. The van der Waals surface area contributed by atoms with E-state index in [2.05, 4.69) is 47.7 Å². The topological polar surface area (TPSA) is 65.7 Å². The van der Waals surface area contributed by atoms with Crippen LogP contribution in [0.4, 0.5) is 0 Å². The van der Waals surface area contributed by atoms with Gasteiger partial charge in [-0.15, -0.1) is 0 Å². The quantitative estimate of drug-likeness (QED) is 0.875. The molecular weight excluding hydrogens is 316 g/mol. The molecular formula is C20H28N2O3. The highest BCUT2D eigenvalue weighted by Crippen LogP contribution is 2.37. The van der Waals surface area contributed by atoms with Crippen LogP contribution in [0.2, 0.25) is 0 Å². The molecule has 5 nitrogen and oxygen atoms in total. The van der Waals surface area contributed by atoms with Gasteiger partial charge in [0.25, 0.3) is 0 Å². The summed E-state index contributed by atoms with van der Waals surface area (Å²) in [5.74, 6) is -0.860. The first-order chi connectivity index (χ1) is 11.9. The van der Waals surface area contributed by atoms with Gasteiger partial charge in [-0.05, 0) is 44.5 Å². The molecule has 0 radical (unpaired) electrons. The number of nitrogens with zero attached hydrogens (tertiary/aromatic N) is 2. The Morgan fingerprint density at radius 2 is 2.12 bits per heavy atom. The number of likely N-dealkylation sites (tertiary alicyclic amines) is 1. The maximum atomic E-state index is 11.8. The highest BCUT2D eigenvalue weighted by molar-refractivity contribution is 5.82. The third-order valence-electron chi connectivity index (χ3n) is 5.75. The van der Waals surface area contributed by atoms with Crippen molar-refractivity contribution in [3.05, 3.63) is 35.5 Å². The van der Waals surface area contributed by atoms with Gasteiger partial charge in [-0.1, -0.05) is 25.0 Å². The van der Waals surface area contributed by atoms with Gasteiger partial charge in [0.05, 0.1) is 11.5 Å². The molecule has 1 saturated heterocycles. The number of hydrogen-bond donors (Lipinski definition) is 2. The molecule has 1 aromatic heterocycles. The fourth-order valence-corrected chi connectivity index (χ4v) is 4.18. The number of β-amino-alcohol motifs (C(OH)–C–C–N with tert-alkyl or cyclic N) is 1. The summed E-state index contributed by atoms with van der Waals surface area (Å²) in [5, 5.41) is 21.5. The standard InChI is InChI=1S/C20H28N2O3/c1-4-7-20(19(24)25)8-9-22(13-18(20)23)12-16-11-15-10-14(2)5-6-17(15)21(16)3/h5-6,10-11,18,23H,4,7-9,12-13H2,1-3H3,(H,24,25)/t18-,20+/m1/s1. The van der Waals surface area contributed by atoms with Gasteiger partial charge in [0.2, 0.25) is 0 Å². The highest BCUT2D eigenvalue weighted by atomic mass is 16.4. The number of aliphatic hydroxyl groups excluding tert-OH is 1. The lowest BCUT2D eigenvalue weighted by molar-refractivity contribution is -0.164. The van der Waals surface area contributed by atoms with Crippen LogP contribution in [0.1, 0.15) is 37.4 Å². The van der Waals surface area contributed by atoms with Gasteiger partial charge >= 0.3 is 5.97 Å². The Morgan fingerprint density at radius 1 is 1.36 bits per heavy atom. The average molecular weight is 344 g/mol. The minimum absolute atomic E-state index is 0.410. The molecule has 2 heterocycles. The molecule has 0 aliphatic carbocycles. The molecule has 1 aliphatic rings. The van der Waals surface area contributed by atoms with Crippen molar-refractivity contribution in [2.45, 2.75) is 45.8 Å². The zero-order chi connectivity index (χ0) is 18.2. The molecule has 2 N–H and O–H groups in total. The minimum Gasteiger partial charge on any atom is -0.481 e. The molecule has 2 aromatic rings. The number of hydrogen-bond acceptors (Lipinski definition) is 3. The molecule has 1 fully saturated rings. The summed E-state index contributed by atoms with van der Waals surface area (Å²) in [6.45, 7) is 5.90. The number of piperidine rings is 1. The number of fused-ring (bicyclic) bond motifs is 1. The Balaban J connectivity index is 1.77. The third-order valence-corrected chi connectivity index (χ3v) is 5.75. The van der Waals surface area contributed by atoms with Crippen LogP contribution in [-0.2, 0) is 18.4 Å². The lowest BCUT2D eigenvalue weighted by Gasteiger charge is -2.42. The summed E-state index contributed by atoms with van der Waals surface area (Å²) in [5.41, 5.74) is 2.64. The number of aliphatic carboxylic acids is 1. The van der Waals surface area contributed by atoms with Crippen molar-refractivity contribution in [1.29, 1.82) is 0 Å². The van der Waals surface area contributed by atoms with Gasteiger partial charge in [-0.25, -0.2) is 0 Å². The molecule has 136 valence electrons. The Kier molecular flexibility index (Phi) is 4.89. The van der Waals surface area contributed by atoms with E-state index in [4.69, 9.17) is 0 Å². The molecule has 0 spiro atoms. The van der Waals surface area contributed by atoms with Crippen LogP contribution in [0.3, 0.4) is 0 Å². The molecule has 2 atom stereocenters. The Hall–Kier alpha value is -1.85. The van der Waals surface area contributed by atoms with Crippen LogP contribution in [0.15, 0.2) is 24.3 Å². The van der Waals surface area contributed by atoms with E-state index in [1.807, 2.05) is 6.92 Å². The van der Waals surface area contributed by atoms with Crippen molar-refractivity contribution >= 4 is 16.9 Å². The minimum atomic E-state index is -0.985. The van der Waals surface area contributed by atoms with Crippen LogP contribution in [-0.4, -0.2) is 44.8 Å². The van der Waals surface area contributed by atoms with Crippen LogP contribution < -0.4 is 0 Å². The van der Waals surface area contributed by atoms with Crippen LogP contribution in [0.25, 0.3) is 10.9 Å². The number of aryl methyl sites for hydroxylation is 2. The van der Waals surface area contributed by atoms with E-state index in [1.54, 1.807) is 0 Å². The smallest absolute Gasteiger partial charge is 0.312 e. The zero-order valence-electron chi connectivity index (χ0n) is 15.3. The van der Waals surface area contributed by atoms with E-state index in [9.17, 15) is 15.0 Å². The van der Waals surface area contributed by atoms with Crippen molar-refractivity contribution in [1.82, 2.24) is 9.47 Å². The summed E-state index contributed by atoms with van der Waals surface area (Å²) in [4.78, 5) is 13.9. The second-order valence-corrected chi connectivity index (χ2v) is 7.47. The number of rotatable bonds is 5. The monoisotopic (exact) mass is 344 g/mol. The first-order valence-electron chi connectivity index (χ1n) is 9.06. The lowest BCUT2D eigenvalue weighted by Crippen LogP contribution is -2.54. The van der Waals surface area contributed by atoms with Crippen LogP contribution in [0.5, 0.6) is 0 Å². The first kappa shape index (κ1) is 18.0. The Labute approximate surface area is 148 Å². The van der Waals surface area contributed by atoms with Crippen molar-refractivity contribution in [2.24, 2.45) is 12.5 Å².